The Morgan fingerprint density at radius 2 is 2.23 bits per heavy atom. The van der Waals surface area contributed by atoms with Crippen LogP contribution in [0, 0.1) is 12.7 Å². The number of rotatable bonds is 7. The van der Waals surface area contributed by atoms with Gasteiger partial charge in [-0.1, -0.05) is 18.5 Å². The maximum Gasteiger partial charge on any atom is 0.248 e. The number of hydrogen-bond donors (Lipinski definition) is 2. The third-order valence-corrected chi connectivity index (χ3v) is 3.32. The molecule has 0 aliphatic heterocycles. The molecule has 6 nitrogen and oxygen atoms in total. The van der Waals surface area contributed by atoms with Gasteiger partial charge >= 0.3 is 0 Å². The summed E-state index contributed by atoms with van der Waals surface area (Å²) in [7, 11) is 0. The van der Waals surface area contributed by atoms with Crippen molar-refractivity contribution in [3.05, 3.63) is 40.8 Å². The summed E-state index contributed by atoms with van der Waals surface area (Å²) in [6, 6.07) is 2.63. The van der Waals surface area contributed by atoms with Gasteiger partial charge in [0, 0.05) is 23.2 Å². The standard InChI is InChI=1S/C15H19FN4O2/c1-3-4-5-13-19-14(22-20-13)8-18-12-7-10(15(17)21)6-11(16)9(12)2/h6-7,18H,3-5,8H2,1-2H3,(H2,17,21). The highest BCUT2D eigenvalue weighted by Gasteiger charge is 2.12. The lowest BCUT2D eigenvalue weighted by molar-refractivity contribution is 0.1000. The summed E-state index contributed by atoms with van der Waals surface area (Å²) < 4.78 is 18.9. The Balaban J connectivity index is 2.07. The molecule has 0 radical (unpaired) electrons. The summed E-state index contributed by atoms with van der Waals surface area (Å²) in [5.41, 5.74) is 6.17. The second-order valence-electron chi connectivity index (χ2n) is 5.06. The predicted molar refractivity (Wildman–Crippen MR) is 79.9 cm³/mol. The topological polar surface area (TPSA) is 94.0 Å². The lowest BCUT2D eigenvalue weighted by Crippen LogP contribution is -2.13. The van der Waals surface area contributed by atoms with Crippen LogP contribution in [0.2, 0.25) is 0 Å². The fraction of sp³-hybridized carbons (Fsp3) is 0.400. The number of nitrogens with two attached hydrogens (primary N) is 1. The summed E-state index contributed by atoms with van der Waals surface area (Å²) in [4.78, 5) is 15.4. The number of aryl methyl sites for hydroxylation is 1. The Hall–Kier alpha value is -2.44. The first-order chi connectivity index (χ1) is 10.5. The van der Waals surface area contributed by atoms with E-state index in [4.69, 9.17) is 10.3 Å². The molecule has 0 atom stereocenters. The van der Waals surface area contributed by atoms with Crippen LogP contribution in [0.25, 0.3) is 0 Å². The molecule has 1 heterocycles. The molecule has 1 aromatic carbocycles. The fourth-order valence-corrected chi connectivity index (χ4v) is 1.97. The van der Waals surface area contributed by atoms with Gasteiger partial charge in [-0.25, -0.2) is 4.39 Å². The van der Waals surface area contributed by atoms with Crippen molar-refractivity contribution in [2.24, 2.45) is 5.73 Å². The van der Waals surface area contributed by atoms with Crippen LogP contribution < -0.4 is 11.1 Å². The number of halogens is 1. The molecule has 118 valence electrons. The van der Waals surface area contributed by atoms with Gasteiger partial charge in [0.05, 0.1) is 6.54 Å². The molecule has 22 heavy (non-hydrogen) atoms. The largest absolute Gasteiger partial charge is 0.376 e. The normalized spacial score (nSPS) is 10.7. The van der Waals surface area contributed by atoms with Gasteiger partial charge < -0.3 is 15.6 Å². The van der Waals surface area contributed by atoms with Gasteiger partial charge in [-0.05, 0) is 25.5 Å². The van der Waals surface area contributed by atoms with Gasteiger partial charge in [0.15, 0.2) is 5.82 Å². The zero-order valence-electron chi connectivity index (χ0n) is 12.6. The molecule has 3 N–H and O–H groups in total. The van der Waals surface area contributed by atoms with Crippen LogP contribution in [0.3, 0.4) is 0 Å². The van der Waals surface area contributed by atoms with E-state index in [-0.39, 0.29) is 12.1 Å². The first kappa shape index (κ1) is 15.9. The van der Waals surface area contributed by atoms with Crippen LogP contribution in [0.1, 0.15) is 47.4 Å². The van der Waals surface area contributed by atoms with Crippen LogP contribution in [0.5, 0.6) is 0 Å². The number of hydrogen-bond acceptors (Lipinski definition) is 5. The van der Waals surface area contributed by atoms with E-state index in [2.05, 4.69) is 22.4 Å². The number of carbonyl (C=O) groups excluding carboxylic acids is 1. The van der Waals surface area contributed by atoms with Gasteiger partial charge in [-0.3, -0.25) is 4.79 Å². The van der Waals surface area contributed by atoms with Crippen molar-refractivity contribution in [3.63, 3.8) is 0 Å². The molecule has 0 bridgehead atoms. The number of benzene rings is 1. The average molecular weight is 306 g/mol. The minimum Gasteiger partial charge on any atom is -0.376 e. The van der Waals surface area contributed by atoms with Crippen LogP contribution in [-0.4, -0.2) is 16.0 Å². The Morgan fingerprint density at radius 3 is 2.91 bits per heavy atom. The molecule has 0 saturated carbocycles. The molecule has 0 unspecified atom stereocenters. The number of carbonyl (C=O) groups is 1. The van der Waals surface area contributed by atoms with Crippen molar-refractivity contribution in [3.8, 4) is 0 Å². The summed E-state index contributed by atoms with van der Waals surface area (Å²) >= 11 is 0. The molecular formula is C15H19FN4O2. The number of anilines is 1. The maximum atomic E-state index is 13.8. The molecular weight excluding hydrogens is 287 g/mol. The van der Waals surface area contributed by atoms with E-state index >= 15 is 0 Å². The molecule has 2 aromatic rings. The molecule has 0 saturated heterocycles. The molecule has 0 aliphatic carbocycles. The lowest BCUT2D eigenvalue weighted by Gasteiger charge is -2.10. The molecule has 7 heteroatoms. The van der Waals surface area contributed by atoms with Gasteiger partial charge in [0.1, 0.15) is 5.82 Å². The van der Waals surface area contributed by atoms with E-state index in [1.807, 2.05) is 0 Å². The number of primary amides is 1. The van der Waals surface area contributed by atoms with Crippen LogP contribution in [0.15, 0.2) is 16.7 Å². The van der Waals surface area contributed by atoms with E-state index in [1.54, 1.807) is 6.92 Å². The van der Waals surface area contributed by atoms with Crippen LogP contribution in [0.4, 0.5) is 10.1 Å². The van der Waals surface area contributed by atoms with Gasteiger partial charge in [-0.2, -0.15) is 4.98 Å². The quantitative estimate of drug-likeness (QED) is 0.820. The van der Waals surface area contributed by atoms with Crippen molar-refractivity contribution >= 4 is 11.6 Å². The van der Waals surface area contributed by atoms with E-state index in [0.717, 1.165) is 25.3 Å². The summed E-state index contributed by atoms with van der Waals surface area (Å²) in [6.07, 6.45) is 2.82. The number of aromatic nitrogens is 2. The van der Waals surface area contributed by atoms with Crippen molar-refractivity contribution in [1.82, 2.24) is 10.1 Å². The van der Waals surface area contributed by atoms with Gasteiger partial charge in [0.2, 0.25) is 11.8 Å². The van der Waals surface area contributed by atoms with Crippen molar-refractivity contribution < 1.29 is 13.7 Å². The molecule has 1 amide bonds. The molecule has 0 aliphatic rings. The summed E-state index contributed by atoms with van der Waals surface area (Å²) in [5.74, 6) is -0.0996. The van der Waals surface area contributed by atoms with Gasteiger partial charge in [-0.15, -0.1) is 0 Å². The highest BCUT2D eigenvalue weighted by molar-refractivity contribution is 5.94. The average Bonchev–Trinajstić information content (AvgIpc) is 2.94. The van der Waals surface area contributed by atoms with Gasteiger partial charge in [0.25, 0.3) is 0 Å². The van der Waals surface area contributed by atoms with Crippen LogP contribution in [-0.2, 0) is 13.0 Å². The molecule has 0 spiro atoms. The SMILES string of the molecule is CCCCc1noc(CNc2cc(C(N)=O)cc(F)c2C)n1. The first-order valence-corrected chi connectivity index (χ1v) is 7.16. The van der Waals surface area contributed by atoms with Crippen LogP contribution >= 0.6 is 0 Å². The first-order valence-electron chi connectivity index (χ1n) is 7.16. The molecule has 0 fully saturated rings. The number of nitrogens with zero attached hydrogens (tertiary/aromatic N) is 2. The Morgan fingerprint density at radius 1 is 1.45 bits per heavy atom. The smallest absolute Gasteiger partial charge is 0.248 e. The Labute approximate surface area is 127 Å². The van der Waals surface area contributed by atoms with Crippen molar-refractivity contribution in [1.29, 1.82) is 0 Å². The third kappa shape index (κ3) is 3.81. The zero-order chi connectivity index (χ0) is 16.1. The summed E-state index contributed by atoms with van der Waals surface area (Å²) in [6.45, 7) is 3.95. The predicted octanol–water partition coefficient (Wildman–Crippen LogP) is 2.57. The number of unbranched alkanes of at least 4 members (excludes halogenated alkanes) is 1. The number of nitrogens with one attached hydrogen (secondary N) is 1. The second-order valence-corrected chi connectivity index (χ2v) is 5.06. The van der Waals surface area contributed by atoms with E-state index in [9.17, 15) is 9.18 Å². The van der Waals surface area contributed by atoms with Crippen molar-refractivity contribution in [2.45, 2.75) is 39.7 Å². The minimum absolute atomic E-state index is 0.111. The second kappa shape index (κ2) is 7.02. The highest BCUT2D eigenvalue weighted by Crippen LogP contribution is 2.21. The number of amides is 1. The lowest BCUT2D eigenvalue weighted by atomic mass is 10.1. The highest BCUT2D eigenvalue weighted by atomic mass is 19.1. The van der Waals surface area contributed by atoms with E-state index in [1.165, 1.54) is 6.07 Å². The zero-order valence-corrected chi connectivity index (χ0v) is 12.6. The van der Waals surface area contributed by atoms with E-state index < -0.39 is 11.7 Å². The molecule has 1 aromatic heterocycles. The summed E-state index contributed by atoms with van der Waals surface area (Å²) in [5, 5.41) is 6.87. The van der Waals surface area contributed by atoms with Crippen molar-refractivity contribution in [2.75, 3.05) is 5.32 Å². The Bertz CT molecular complexity index is 670. The molecule has 2 rings (SSSR count). The Kier molecular flexibility index (Phi) is 5.08. The monoisotopic (exact) mass is 306 g/mol. The maximum absolute atomic E-state index is 13.8. The minimum atomic E-state index is -0.679. The third-order valence-electron chi connectivity index (χ3n) is 3.32. The van der Waals surface area contributed by atoms with E-state index in [0.29, 0.717) is 23.0 Å². The fourth-order valence-electron chi connectivity index (χ4n) is 1.97.